The Bertz CT molecular complexity index is 546. The maximum Gasteiger partial charge on any atom is 0.242 e. The maximum atomic E-state index is 12.0. The van der Waals surface area contributed by atoms with Gasteiger partial charge in [-0.3, -0.25) is 4.79 Å². The van der Waals surface area contributed by atoms with Crippen LogP contribution in [-0.4, -0.2) is 26.7 Å². The molecule has 0 radical (unpaired) electrons. The Balaban J connectivity index is 3.07. The van der Waals surface area contributed by atoms with E-state index >= 15 is 0 Å². The molecule has 0 aliphatic rings. The summed E-state index contributed by atoms with van der Waals surface area (Å²) in [6.07, 6.45) is 0. The lowest BCUT2D eigenvalue weighted by molar-refractivity contribution is -0.118. The quantitative estimate of drug-likeness (QED) is 0.787. The summed E-state index contributed by atoms with van der Waals surface area (Å²) in [5.74, 6) is -0.528. The second-order valence-corrected chi connectivity index (χ2v) is 6.09. The molecule has 106 valence electrons. The number of anilines is 1. The normalized spacial score (nSPS) is 13.0. The fourth-order valence-electron chi connectivity index (χ4n) is 1.40. The van der Waals surface area contributed by atoms with Gasteiger partial charge in [-0.25, -0.2) is 13.1 Å². The maximum absolute atomic E-state index is 12.0. The lowest BCUT2D eigenvalue weighted by Crippen LogP contribution is -2.26. The number of benzene rings is 1. The van der Waals surface area contributed by atoms with Crippen molar-refractivity contribution in [3.8, 4) is 0 Å². The fraction of sp³-hybridized carbons (Fsp3) is 0.417. The number of para-hydroxylation sites is 1. The van der Waals surface area contributed by atoms with Crippen molar-refractivity contribution in [2.24, 2.45) is 5.92 Å². The molecule has 2 N–H and O–H groups in total. The van der Waals surface area contributed by atoms with E-state index in [9.17, 15) is 13.2 Å². The van der Waals surface area contributed by atoms with Crippen molar-refractivity contribution in [1.82, 2.24) is 4.72 Å². The second-order valence-electron chi connectivity index (χ2n) is 4.04. The van der Waals surface area contributed by atoms with Gasteiger partial charge in [-0.2, -0.15) is 0 Å². The van der Waals surface area contributed by atoms with Gasteiger partial charge in [0.25, 0.3) is 0 Å². The Hall–Kier alpha value is -1.11. The highest BCUT2D eigenvalue weighted by molar-refractivity contribution is 7.89. The molecule has 0 saturated heterocycles. The lowest BCUT2D eigenvalue weighted by Gasteiger charge is -2.13. The number of halogens is 1. The molecule has 0 fully saturated rings. The van der Waals surface area contributed by atoms with Crippen molar-refractivity contribution >= 4 is 33.2 Å². The first-order valence-corrected chi connectivity index (χ1v) is 7.89. The monoisotopic (exact) mass is 304 g/mol. The van der Waals surface area contributed by atoms with Gasteiger partial charge in [0.05, 0.1) is 5.69 Å². The first-order valence-electron chi connectivity index (χ1n) is 5.88. The van der Waals surface area contributed by atoms with Crippen LogP contribution in [0.25, 0.3) is 0 Å². The zero-order valence-electron chi connectivity index (χ0n) is 10.8. The second kappa shape index (κ2) is 6.88. The number of carbonyl (C=O) groups excluding carboxylic acids is 1. The molecule has 0 aromatic heterocycles. The van der Waals surface area contributed by atoms with Crippen LogP contribution >= 0.6 is 11.6 Å². The van der Waals surface area contributed by atoms with Gasteiger partial charge in [0.1, 0.15) is 4.90 Å². The molecule has 1 atom stereocenters. The summed E-state index contributed by atoms with van der Waals surface area (Å²) in [7, 11) is -3.62. The summed E-state index contributed by atoms with van der Waals surface area (Å²) in [6.45, 7) is 3.64. The molecule has 19 heavy (non-hydrogen) atoms. The minimum absolute atomic E-state index is 0.0481. The highest BCUT2D eigenvalue weighted by Gasteiger charge is 2.20. The Morgan fingerprint density at radius 1 is 1.37 bits per heavy atom. The molecule has 0 aliphatic heterocycles. The van der Waals surface area contributed by atoms with E-state index in [2.05, 4.69) is 10.0 Å². The topological polar surface area (TPSA) is 75.3 Å². The van der Waals surface area contributed by atoms with Gasteiger partial charge >= 0.3 is 0 Å². The number of hydrogen-bond acceptors (Lipinski definition) is 3. The summed E-state index contributed by atoms with van der Waals surface area (Å²) in [5, 5.41) is 2.58. The number of sulfonamides is 1. The van der Waals surface area contributed by atoms with Crippen LogP contribution in [-0.2, 0) is 14.8 Å². The number of rotatable bonds is 6. The van der Waals surface area contributed by atoms with E-state index in [1.165, 1.54) is 6.07 Å². The van der Waals surface area contributed by atoms with E-state index in [1.54, 1.807) is 32.0 Å². The van der Waals surface area contributed by atoms with Crippen molar-refractivity contribution in [3.63, 3.8) is 0 Å². The molecule has 7 heteroatoms. The average Bonchev–Trinajstić information content (AvgIpc) is 2.38. The molecule has 1 rings (SSSR count). The molecular formula is C12H17ClN2O3S. The molecule has 0 spiro atoms. The van der Waals surface area contributed by atoms with Crippen LogP contribution in [0.4, 0.5) is 5.69 Å². The summed E-state index contributed by atoms with van der Waals surface area (Å²) >= 11 is 5.60. The van der Waals surface area contributed by atoms with E-state index in [0.29, 0.717) is 0 Å². The fourth-order valence-corrected chi connectivity index (χ4v) is 2.74. The summed E-state index contributed by atoms with van der Waals surface area (Å²) in [6, 6.07) is 6.25. The van der Waals surface area contributed by atoms with Crippen LogP contribution < -0.4 is 10.0 Å². The molecule has 1 unspecified atom stereocenters. The van der Waals surface area contributed by atoms with E-state index in [0.717, 1.165) is 0 Å². The highest BCUT2D eigenvalue weighted by Crippen LogP contribution is 2.21. The third-order valence-corrected chi connectivity index (χ3v) is 4.51. The molecule has 0 aliphatic carbocycles. The zero-order valence-corrected chi connectivity index (χ0v) is 12.4. The van der Waals surface area contributed by atoms with Crippen LogP contribution in [0.15, 0.2) is 29.2 Å². The largest absolute Gasteiger partial charge is 0.325 e. The van der Waals surface area contributed by atoms with Crippen LogP contribution in [0.2, 0.25) is 0 Å². The van der Waals surface area contributed by atoms with Crippen molar-refractivity contribution in [2.75, 3.05) is 17.7 Å². The number of hydrogen-bond donors (Lipinski definition) is 2. The zero-order chi connectivity index (χ0) is 14.5. The SMILES string of the molecule is CCNS(=O)(=O)c1ccccc1NC(=O)C(C)CCl. The first-order chi connectivity index (χ1) is 8.92. The van der Waals surface area contributed by atoms with E-state index in [4.69, 9.17) is 11.6 Å². The Kier molecular flexibility index (Phi) is 5.78. The van der Waals surface area contributed by atoms with Crippen LogP contribution in [0.1, 0.15) is 13.8 Å². The molecule has 1 amide bonds. The number of alkyl halides is 1. The Morgan fingerprint density at radius 2 is 2.00 bits per heavy atom. The number of amides is 1. The van der Waals surface area contributed by atoms with E-state index in [-0.39, 0.29) is 28.9 Å². The minimum atomic E-state index is -3.62. The van der Waals surface area contributed by atoms with Gasteiger partial charge in [-0.15, -0.1) is 11.6 Å². The van der Waals surface area contributed by atoms with Gasteiger partial charge in [0.15, 0.2) is 0 Å². The first kappa shape index (κ1) is 15.9. The Morgan fingerprint density at radius 3 is 2.58 bits per heavy atom. The standard InChI is InChI=1S/C12H17ClN2O3S/c1-3-14-19(17,18)11-7-5-4-6-10(11)15-12(16)9(2)8-13/h4-7,9,14H,3,8H2,1-2H3,(H,15,16). The molecule has 1 aromatic carbocycles. The summed E-state index contributed by atoms with van der Waals surface area (Å²) in [4.78, 5) is 11.8. The third kappa shape index (κ3) is 4.19. The number of carbonyl (C=O) groups is 1. The molecule has 1 aromatic rings. The minimum Gasteiger partial charge on any atom is -0.325 e. The number of nitrogens with one attached hydrogen (secondary N) is 2. The molecule has 5 nitrogen and oxygen atoms in total. The van der Waals surface area contributed by atoms with Crippen molar-refractivity contribution < 1.29 is 13.2 Å². The summed E-state index contributed by atoms with van der Waals surface area (Å²) < 4.78 is 26.4. The van der Waals surface area contributed by atoms with Crippen molar-refractivity contribution in [1.29, 1.82) is 0 Å². The highest BCUT2D eigenvalue weighted by atomic mass is 35.5. The van der Waals surface area contributed by atoms with E-state index in [1.807, 2.05) is 0 Å². The van der Waals surface area contributed by atoms with Crippen LogP contribution in [0, 0.1) is 5.92 Å². The molecular weight excluding hydrogens is 288 g/mol. The summed E-state index contributed by atoms with van der Waals surface area (Å²) in [5.41, 5.74) is 0.255. The van der Waals surface area contributed by atoms with Gasteiger partial charge < -0.3 is 5.32 Å². The van der Waals surface area contributed by atoms with Crippen molar-refractivity contribution in [3.05, 3.63) is 24.3 Å². The van der Waals surface area contributed by atoms with Crippen molar-refractivity contribution in [2.45, 2.75) is 18.7 Å². The van der Waals surface area contributed by atoms with Gasteiger partial charge in [-0.05, 0) is 12.1 Å². The van der Waals surface area contributed by atoms with E-state index < -0.39 is 15.9 Å². The van der Waals surface area contributed by atoms with Gasteiger partial charge in [0, 0.05) is 18.3 Å². The predicted octanol–water partition coefficient (Wildman–Crippen LogP) is 1.80. The Labute approximate surface area is 118 Å². The van der Waals surface area contributed by atoms with Gasteiger partial charge in [-0.1, -0.05) is 26.0 Å². The predicted molar refractivity (Wildman–Crippen MR) is 75.8 cm³/mol. The van der Waals surface area contributed by atoms with Crippen LogP contribution in [0.5, 0.6) is 0 Å². The van der Waals surface area contributed by atoms with Gasteiger partial charge in [0.2, 0.25) is 15.9 Å². The average molecular weight is 305 g/mol. The molecule has 0 heterocycles. The molecule has 0 bridgehead atoms. The van der Waals surface area contributed by atoms with Crippen LogP contribution in [0.3, 0.4) is 0 Å². The smallest absolute Gasteiger partial charge is 0.242 e. The third-order valence-electron chi connectivity index (χ3n) is 2.45. The molecule has 0 saturated carbocycles. The lowest BCUT2D eigenvalue weighted by atomic mass is 10.2.